The lowest BCUT2D eigenvalue weighted by atomic mass is 10.2. The van der Waals surface area contributed by atoms with Gasteiger partial charge in [-0.05, 0) is 12.1 Å². The summed E-state index contributed by atoms with van der Waals surface area (Å²) in [4.78, 5) is 15.2. The fourth-order valence-electron chi connectivity index (χ4n) is 0.793. The number of aliphatic hydroxyl groups is 1. The molecule has 0 radical (unpaired) electrons. The first-order valence-corrected chi connectivity index (χ1v) is 5.00. The van der Waals surface area contributed by atoms with Crippen LogP contribution < -0.4 is 5.32 Å². The van der Waals surface area contributed by atoms with Crippen LogP contribution in [0.15, 0.2) is 24.5 Å². The summed E-state index contributed by atoms with van der Waals surface area (Å²) in [5, 5.41) is 11.4. The van der Waals surface area contributed by atoms with Crippen LogP contribution in [0.2, 0.25) is 0 Å². The SMILES string of the molecule is O=C(N[C@H](O)C(Cl)(Cl)Cl)c1ccncc1. The zero-order valence-corrected chi connectivity index (χ0v) is 9.59. The van der Waals surface area contributed by atoms with E-state index in [0.29, 0.717) is 5.56 Å². The van der Waals surface area contributed by atoms with Crippen molar-refractivity contribution in [1.29, 1.82) is 0 Å². The van der Waals surface area contributed by atoms with Crippen molar-refractivity contribution in [3.8, 4) is 0 Å². The van der Waals surface area contributed by atoms with E-state index in [1.54, 1.807) is 0 Å². The standard InChI is InChI=1S/C8H7Cl3N2O2/c9-8(10,11)7(15)13-6(14)5-1-3-12-4-2-5/h1-4,7,15H,(H,13,14)/t7-/m1/s1. The lowest BCUT2D eigenvalue weighted by molar-refractivity contribution is 0.0791. The normalized spacial score (nSPS) is 13.3. The fraction of sp³-hybridized carbons (Fsp3) is 0.250. The van der Waals surface area contributed by atoms with Gasteiger partial charge in [-0.1, -0.05) is 34.8 Å². The predicted octanol–water partition coefficient (Wildman–Crippen LogP) is 1.50. The minimum atomic E-state index is -1.96. The molecule has 0 aliphatic heterocycles. The second-order valence-electron chi connectivity index (χ2n) is 2.65. The summed E-state index contributed by atoms with van der Waals surface area (Å²) in [6, 6.07) is 2.95. The van der Waals surface area contributed by atoms with Crippen molar-refractivity contribution < 1.29 is 9.90 Å². The highest BCUT2D eigenvalue weighted by molar-refractivity contribution is 6.68. The summed E-state index contributed by atoms with van der Waals surface area (Å²) in [6.07, 6.45) is 1.32. The number of nitrogens with zero attached hydrogens (tertiary/aromatic N) is 1. The van der Waals surface area contributed by atoms with Crippen molar-refractivity contribution in [3.63, 3.8) is 0 Å². The van der Waals surface area contributed by atoms with Gasteiger partial charge in [0.2, 0.25) is 3.79 Å². The van der Waals surface area contributed by atoms with Crippen LogP contribution in [-0.2, 0) is 0 Å². The molecular weight excluding hydrogens is 262 g/mol. The first-order chi connectivity index (χ1) is 6.91. The van der Waals surface area contributed by atoms with Crippen molar-refractivity contribution in [2.75, 3.05) is 0 Å². The van der Waals surface area contributed by atoms with E-state index >= 15 is 0 Å². The highest BCUT2D eigenvalue weighted by Crippen LogP contribution is 2.28. The van der Waals surface area contributed by atoms with Crippen LogP contribution in [-0.4, -0.2) is 26.0 Å². The van der Waals surface area contributed by atoms with Gasteiger partial charge in [0.15, 0.2) is 6.23 Å². The number of amides is 1. The Balaban J connectivity index is 2.65. The Labute approximate surface area is 101 Å². The number of carbonyl (C=O) groups is 1. The first kappa shape index (κ1) is 12.5. The highest BCUT2D eigenvalue weighted by Gasteiger charge is 2.32. The maximum atomic E-state index is 11.4. The lowest BCUT2D eigenvalue weighted by Crippen LogP contribution is -2.43. The Kier molecular flexibility index (Phi) is 4.16. The number of aromatic nitrogens is 1. The largest absolute Gasteiger partial charge is 0.369 e. The van der Waals surface area contributed by atoms with Crippen LogP contribution in [0.3, 0.4) is 0 Å². The van der Waals surface area contributed by atoms with Gasteiger partial charge < -0.3 is 10.4 Å². The molecule has 0 aromatic carbocycles. The van der Waals surface area contributed by atoms with E-state index < -0.39 is 15.9 Å². The van der Waals surface area contributed by atoms with E-state index in [1.165, 1.54) is 24.5 Å². The van der Waals surface area contributed by atoms with Crippen molar-refractivity contribution in [1.82, 2.24) is 10.3 Å². The van der Waals surface area contributed by atoms with E-state index in [0.717, 1.165) is 0 Å². The van der Waals surface area contributed by atoms with E-state index in [4.69, 9.17) is 34.8 Å². The summed E-state index contributed by atoms with van der Waals surface area (Å²) in [6.45, 7) is 0. The molecule has 1 amide bonds. The van der Waals surface area contributed by atoms with Gasteiger partial charge in [-0.15, -0.1) is 0 Å². The van der Waals surface area contributed by atoms with Crippen LogP contribution >= 0.6 is 34.8 Å². The van der Waals surface area contributed by atoms with Gasteiger partial charge in [0, 0.05) is 18.0 Å². The number of aliphatic hydroxyl groups excluding tert-OH is 1. The van der Waals surface area contributed by atoms with E-state index in [1.807, 2.05) is 0 Å². The van der Waals surface area contributed by atoms with Gasteiger partial charge in [-0.2, -0.15) is 0 Å². The molecule has 0 saturated carbocycles. The smallest absolute Gasteiger partial charge is 0.253 e. The second kappa shape index (κ2) is 4.99. The number of alkyl halides is 3. The molecule has 0 fully saturated rings. The molecule has 1 aromatic rings. The fourth-order valence-corrected chi connectivity index (χ4v) is 0.956. The Morgan fingerprint density at radius 2 is 1.93 bits per heavy atom. The van der Waals surface area contributed by atoms with Crippen LogP contribution in [0.5, 0.6) is 0 Å². The molecule has 0 unspecified atom stereocenters. The number of nitrogens with one attached hydrogen (secondary N) is 1. The molecule has 0 spiro atoms. The quantitative estimate of drug-likeness (QED) is 0.632. The Morgan fingerprint density at radius 3 is 2.40 bits per heavy atom. The molecule has 1 rings (SSSR count). The van der Waals surface area contributed by atoms with Gasteiger partial charge in [0.1, 0.15) is 0 Å². The number of halogens is 3. The number of hydrogen-bond donors (Lipinski definition) is 2. The highest BCUT2D eigenvalue weighted by atomic mass is 35.6. The van der Waals surface area contributed by atoms with E-state index in [-0.39, 0.29) is 0 Å². The monoisotopic (exact) mass is 268 g/mol. The number of rotatable bonds is 2. The molecule has 0 saturated heterocycles. The van der Waals surface area contributed by atoms with E-state index in [2.05, 4.69) is 10.3 Å². The molecular formula is C8H7Cl3N2O2. The Bertz CT molecular complexity index is 339. The van der Waals surface area contributed by atoms with Gasteiger partial charge in [-0.25, -0.2) is 0 Å². The van der Waals surface area contributed by atoms with Crippen molar-refractivity contribution in [2.45, 2.75) is 10.0 Å². The minimum Gasteiger partial charge on any atom is -0.369 e. The van der Waals surface area contributed by atoms with Crippen molar-refractivity contribution >= 4 is 40.7 Å². The molecule has 4 nitrogen and oxygen atoms in total. The topological polar surface area (TPSA) is 62.2 Å². The maximum Gasteiger partial charge on any atom is 0.253 e. The molecule has 1 atom stereocenters. The third-order valence-electron chi connectivity index (χ3n) is 1.52. The summed E-state index contributed by atoms with van der Waals surface area (Å²) < 4.78 is -1.96. The minimum absolute atomic E-state index is 0.318. The summed E-state index contributed by atoms with van der Waals surface area (Å²) in [5.74, 6) is -0.545. The van der Waals surface area contributed by atoms with E-state index in [9.17, 15) is 9.90 Å². The molecule has 15 heavy (non-hydrogen) atoms. The van der Waals surface area contributed by atoms with Crippen molar-refractivity contribution in [2.24, 2.45) is 0 Å². The third-order valence-corrected chi connectivity index (χ3v) is 2.14. The molecule has 0 bridgehead atoms. The second-order valence-corrected chi connectivity index (χ2v) is 5.02. The number of carbonyl (C=O) groups excluding carboxylic acids is 1. The third kappa shape index (κ3) is 3.83. The van der Waals surface area contributed by atoms with Crippen LogP contribution in [0, 0.1) is 0 Å². The van der Waals surface area contributed by atoms with Gasteiger partial charge in [-0.3, -0.25) is 9.78 Å². The van der Waals surface area contributed by atoms with Crippen LogP contribution in [0.1, 0.15) is 10.4 Å². The predicted molar refractivity (Wildman–Crippen MR) is 58.0 cm³/mol. The summed E-state index contributed by atoms with van der Waals surface area (Å²) in [7, 11) is 0. The molecule has 0 aliphatic carbocycles. The molecule has 82 valence electrons. The van der Waals surface area contributed by atoms with Crippen LogP contribution in [0.25, 0.3) is 0 Å². The molecule has 7 heteroatoms. The van der Waals surface area contributed by atoms with Gasteiger partial charge >= 0.3 is 0 Å². The summed E-state index contributed by atoms with van der Waals surface area (Å²) >= 11 is 16.1. The lowest BCUT2D eigenvalue weighted by Gasteiger charge is -2.19. The van der Waals surface area contributed by atoms with Gasteiger partial charge in [0.25, 0.3) is 5.91 Å². The van der Waals surface area contributed by atoms with Crippen molar-refractivity contribution in [3.05, 3.63) is 30.1 Å². The summed E-state index contributed by atoms with van der Waals surface area (Å²) in [5.41, 5.74) is 0.318. The number of pyridine rings is 1. The first-order valence-electron chi connectivity index (χ1n) is 3.87. The Morgan fingerprint density at radius 1 is 1.40 bits per heavy atom. The Hall–Kier alpha value is -0.550. The molecule has 1 aromatic heterocycles. The van der Waals surface area contributed by atoms with Crippen LogP contribution in [0.4, 0.5) is 0 Å². The number of hydrogen-bond acceptors (Lipinski definition) is 3. The zero-order chi connectivity index (χ0) is 11.5. The molecule has 1 heterocycles. The molecule has 2 N–H and O–H groups in total. The average Bonchev–Trinajstić information content (AvgIpc) is 2.17. The zero-order valence-electron chi connectivity index (χ0n) is 7.32. The van der Waals surface area contributed by atoms with Gasteiger partial charge in [0.05, 0.1) is 0 Å². The average molecular weight is 270 g/mol. The maximum absolute atomic E-state index is 11.4. The molecule has 0 aliphatic rings.